The smallest absolute Gasteiger partial charge is 0.330 e. The molecule has 0 spiro atoms. The van der Waals surface area contributed by atoms with E-state index in [1.807, 2.05) is 17.0 Å². The summed E-state index contributed by atoms with van der Waals surface area (Å²) in [5.74, 6) is -2.04. The summed E-state index contributed by atoms with van der Waals surface area (Å²) in [6.07, 6.45) is 9.47. The number of esters is 1. The molecule has 1 saturated heterocycles. The predicted molar refractivity (Wildman–Crippen MR) is 188 cm³/mol. The lowest BCUT2D eigenvalue weighted by Crippen LogP contribution is -2.67. The molecule has 2 heterocycles. The van der Waals surface area contributed by atoms with E-state index < -0.39 is 47.9 Å². The molecule has 0 bridgehead atoms. The molecule has 15 heteroatoms. The maximum Gasteiger partial charge on any atom is 0.330 e. The number of likely N-dealkylation sites (tertiary alicyclic amines) is 1. The Hall–Kier alpha value is -4.08. The number of nitrogens with one attached hydrogen (secondary N) is 5. The number of aromatic nitrogens is 2. The quantitative estimate of drug-likeness (QED) is 0.116. The Morgan fingerprint density at radius 2 is 1.90 bits per heavy atom. The Morgan fingerprint density at radius 1 is 1.16 bits per heavy atom. The van der Waals surface area contributed by atoms with Crippen LogP contribution in [0.1, 0.15) is 62.5 Å². The molecule has 0 radical (unpaired) electrons. The van der Waals surface area contributed by atoms with Crippen molar-refractivity contribution in [3.05, 3.63) is 64.7 Å². The average Bonchev–Trinajstić information content (AvgIpc) is 3.60. The van der Waals surface area contributed by atoms with E-state index in [1.165, 1.54) is 19.9 Å². The lowest BCUT2D eigenvalue weighted by atomic mass is 9.69. The van der Waals surface area contributed by atoms with Gasteiger partial charge in [0.05, 0.1) is 37.7 Å². The van der Waals surface area contributed by atoms with Gasteiger partial charge in [0.25, 0.3) is 5.91 Å². The second-order valence-corrected chi connectivity index (χ2v) is 13.8. The van der Waals surface area contributed by atoms with Crippen LogP contribution in [0.4, 0.5) is 0 Å². The first-order valence-corrected chi connectivity index (χ1v) is 17.9. The van der Waals surface area contributed by atoms with Gasteiger partial charge in [0, 0.05) is 60.5 Å². The van der Waals surface area contributed by atoms with Gasteiger partial charge in [-0.2, -0.15) is 0 Å². The number of hydrogen-bond acceptors (Lipinski definition) is 9. The minimum absolute atomic E-state index is 0.0786. The van der Waals surface area contributed by atoms with Gasteiger partial charge in [0.1, 0.15) is 6.04 Å². The molecular weight excluding hydrogens is 710 g/mol. The van der Waals surface area contributed by atoms with Crippen molar-refractivity contribution in [2.45, 2.75) is 83.1 Å². The number of ether oxygens (including phenoxy) is 1. The monoisotopic (exact) mass is 757 g/mol. The molecule has 50 heavy (non-hydrogen) atoms. The Balaban J connectivity index is 1.61. The number of benzene rings is 1. The van der Waals surface area contributed by atoms with Gasteiger partial charge in [-0.1, -0.05) is 34.8 Å². The summed E-state index contributed by atoms with van der Waals surface area (Å²) in [6.45, 7) is 5.00. The molecule has 1 aliphatic heterocycles. The van der Waals surface area contributed by atoms with Gasteiger partial charge in [-0.3, -0.25) is 19.2 Å². The molecular formula is C35H48BrN7O7. The van der Waals surface area contributed by atoms with Crippen molar-refractivity contribution in [1.29, 1.82) is 0 Å². The standard InChI is InChI=1S/C35H48BrN7O7/c1-4-50-31(47)14-13-26(15-27-16-37-20-40-27)38-17-29-33(42-30(46)18-39-34(48)32(21(2)44)41-22(3)45)28-8-6-5-7-24(28)19-43(29)35(49)23-9-11-25(36)12-10-23/h9-14,16,20-21,24,26,28-29,32-33,38,44H,4-8,15,17-19H2,1-3H3,(H,37,40)(H,39,48)(H,41,45)(H,42,46)/b14-13+/t21-,24-,26-,28+,29-,32+,33?/m1/s1. The second kappa shape index (κ2) is 18.8. The van der Waals surface area contributed by atoms with E-state index in [0.717, 1.165) is 35.8 Å². The van der Waals surface area contributed by atoms with Crippen LogP contribution in [-0.4, -0.2) is 106 Å². The first-order valence-electron chi connectivity index (χ1n) is 17.1. The third-order valence-electron chi connectivity index (χ3n) is 9.24. The lowest BCUT2D eigenvalue weighted by Gasteiger charge is -2.51. The van der Waals surface area contributed by atoms with Gasteiger partial charge >= 0.3 is 5.97 Å². The van der Waals surface area contributed by atoms with Gasteiger partial charge in [-0.05, 0) is 62.8 Å². The molecule has 7 atom stereocenters. The summed E-state index contributed by atoms with van der Waals surface area (Å²) in [5.41, 5.74) is 1.35. The number of carbonyl (C=O) groups is 5. The fourth-order valence-electron chi connectivity index (χ4n) is 6.87. The SMILES string of the molecule is CCOC(=O)/C=C/[C@H](Cc1cnc[nH]1)NC[C@@H]1C(NC(=O)CNC(=O)[C@@H](NC(C)=O)[C@@H](C)O)[C@H]2CCCC[C@@H]2CN1C(=O)c1ccc(Br)cc1. The number of piperidine rings is 1. The van der Waals surface area contributed by atoms with Crippen LogP contribution in [0, 0.1) is 11.8 Å². The minimum Gasteiger partial charge on any atom is -0.463 e. The predicted octanol–water partition coefficient (Wildman–Crippen LogP) is 1.61. The van der Waals surface area contributed by atoms with Crippen LogP contribution in [0.25, 0.3) is 0 Å². The molecule has 2 fully saturated rings. The molecule has 6 N–H and O–H groups in total. The van der Waals surface area contributed by atoms with Gasteiger partial charge in [-0.25, -0.2) is 9.78 Å². The average molecular weight is 759 g/mol. The first-order chi connectivity index (χ1) is 24.0. The summed E-state index contributed by atoms with van der Waals surface area (Å²) >= 11 is 3.44. The number of halogens is 1. The Labute approximate surface area is 300 Å². The number of imidazole rings is 1. The highest BCUT2D eigenvalue weighted by Crippen LogP contribution is 2.39. The van der Waals surface area contributed by atoms with Crippen LogP contribution in [-0.2, 0) is 30.3 Å². The topological polar surface area (TPSA) is 195 Å². The largest absolute Gasteiger partial charge is 0.463 e. The third kappa shape index (κ3) is 11.0. The number of fused-ring (bicyclic) bond motifs is 1. The normalized spacial score (nSPS) is 22.1. The summed E-state index contributed by atoms with van der Waals surface area (Å²) in [4.78, 5) is 73.4. The summed E-state index contributed by atoms with van der Waals surface area (Å²) in [6, 6.07) is 4.65. The number of amides is 4. The van der Waals surface area contributed by atoms with Crippen LogP contribution in [0.3, 0.4) is 0 Å². The Kier molecular flexibility index (Phi) is 14.5. The maximum atomic E-state index is 14.2. The molecule has 1 aromatic heterocycles. The van der Waals surface area contributed by atoms with Crippen LogP contribution in [0.15, 0.2) is 53.4 Å². The Morgan fingerprint density at radius 3 is 2.56 bits per heavy atom. The molecule has 4 amide bonds. The number of rotatable bonds is 15. The van der Waals surface area contributed by atoms with E-state index in [9.17, 15) is 29.1 Å². The van der Waals surface area contributed by atoms with Crippen molar-refractivity contribution in [3.63, 3.8) is 0 Å². The molecule has 1 unspecified atom stereocenters. The zero-order chi connectivity index (χ0) is 36.2. The zero-order valence-corrected chi connectivity index (χ0v) is 30.3. The van der Waals surface area contributed by atoms with Crippen molar-refractivity contribution in [3.8, 4) is 0 Å². The fraction of sp³-hybridized carbons (Fsp3) is 0.543. The van der Waals surface area contributed by atoms with Crippen molar-refractivity contribution in [1.82, 2.24) is 36.1 Å². The van der Waals surface area contributed by atoms with Crippen molar-refractivity contribution in [2.24, 2.45) is 11.8 Å². The second-order valence-electron chi connectivity index (χ2n) is 12.9. The lowest BCUT2D eigenvalue weighted by molar-refractivity contribution is -0.137. The van der Waals surface area contributed by atoms with Crippen LogP contribution < -0.4 is 21.3 Å². The summed E-state index contributed by atoms with van der Waals surface area (Å²) in [7, 11) is 0. The fourth-order valence-corrected chi connectivity index (χ4v) is 7.14. The van der Waals surface area contributed by atoms with Gasteiger partial charge in [-0.15, -0.1) is 0 Å². The molecule has 1 aliphatic carbocycles. The van der Waals surface area contributed by atoms with E-state index in [4.69, 9.17) is 4.74 Å². The molecule has 14 nitrogen and oxygen atoms in total. The highest BCUT2D eigenvalue weighted by molar-refractivity contribution is 9.10. The number of H-pyrrole nitrogens is 1. The van der Waals surface area contributed by atoms with E-state index in [2.05, 4.69) is 47.2 Å². The van der Waals surface area contributed by atoms with Crippen molar-refractivity contribution >= 4 is 45.5 Å². The molecule has 1 saturated carbocycles. The summed E-state index contributed by atoms with van der Waals surface area (Å²) in [5, 5.41) is 21.7. The highest BCUT2D eigenvalue weighted by Gasteiger charge is 2.46. The van der Waals surface area contributed by atoms with E-state index in [-0.39, 0.29) is 43.5 Å². The number of nitrogens with zero attached hydrogens (tertiary/aromatic N) is 2. The van der Waals surface area contributed by atoms with Crippen molar-refractivity contribution < 1.29 is 33.8 Å². The summed E-state index contributed by atoms with van der Waals surface area (Å²) < 4.78 is 5.94. The highest BCUT2D eigenvalue weighted by atomic mass is 79.9. The van der Waals surface area contributed by atoms with Crippen LogP contribution in [0.2, 0.25) is 0 Å². The molecule has 2 aromatic rings. The number of carbonyl (C=O) groups excluding carboxylic acids is 5. The molecule has 2 aliphatic rings. The number of aromatic amines is 1. The minimum atomic E-state index is -1.22. The molecule has 272 valence electrons. The maximum absolute atomic E-state index is 14.2. The van der Waals surface area contributed by atoms with Crippen LogP contribution >= 0.6 is 15.9 Å². The zero-order valence-electron chi connectivity index (χ0n) is 28.7. The van der Waals surface area contributed by atoms with Gasteiger partial charge < -0.3 is 41.0 Å². The van der Waals surface area contributed by atoms with E-state index in [1.54, 1.807) is 37.7 Å². The third-order valence-corrected chi connectivity index (χ3v) is 9.77. The van der Waals surface area contributed by atoms with Gasteiger partial charge in [0.15, 0.2) is 0 Å². The number of aliphatic hydroxyl groups excluding tert-OH is 1. The molecule has 1 aromatic carbocycles. The molecule has 4 rings (SSSR count). The first kappa shape index (κ1) is 38.7. The van der Waals surface area contributed by atoms with Crippen molar-refractivity contribution in [2.75, 3.05) is 26.2 Å². The van der Waals surface area contributed by atoms with E-state index >= 15 is 0 Å². The van der Waals surface area contributed by atoms with E-state index in [0.29, 0.717) is 18.5 Å². The van der Waals surface area contributed by atoms with Gasteiger partial charge in [0.2, 0.25) is 17.7 Å². The Bertz CT molecular complexity index is 1480. The number of hydrogen-bond donors (Lipinski definition) is 6. The van der Waals surface area contributed by atoms with Crippen LogP contribution in [0.5, 0.6) is 0 Å². The number of aliphatic hydroxyl groups is 1.